The molecule has 0 radical (unpaired) electrons. The SMILES string of the molecule is O=C(CC1C(=O)Nc2ccccc21)Nc1nc2c(s1)CCC2. The quantitative estimate of drug-likeness (QED) is 0.915. The molecule has 1 aliphatic carbocycles. The first-order valence-corrected chi connectivity index (χ1v) is 8.20. The Morgan fingerprint density at radius 3 is 3.09 bits per heavy atom. The predicted molar refractivity (Wildman–Crippen MR) is 85.2 cm³/mol. The van der Waals surface area contributed by atoms with E-state index in [1.54, 1.807) is 11.3 Å². The number of fused-ring (bicyclic) bond motifs is 2. The van der Waals surface area contributed by atoms with Gasteiger partial charge in [0.1, 0.15) is 0 Å². The maximum Gasteiger partial charge on any atom is 0.232 e. The minimum atomic E-state index is -0.414. The molecule has 2 aliphatic rings. The first kappa shape index (κ1) is 13.5. The predicted octanol–water partition coefficient (Wildman–Crippen LogP) is 2.70. The number of para-hydroxylation sites is 1. The van der Waals surface area contributed by atoms with Crippen LogP contribution >= 0.6 is 11.3 Å². The van der Waals surface area contributed by atoms with E-state index in [9.17, 15) is 9.59 Å². The van der Waals surface area contributed by atoms with E-state index in [1.165, 1.54) is 4.88 Å². The van der Waals surface area contributed by atoms with Crippen LogP contribution in [0.1, 0.15) is 34.9 Å². The Morgan fingerprint density at radius 1 is 1.36 bits per heavy atom. The van der Waals surface area contributed by atoms with Crippen molar-refractivity contribution in [3.63, 3.8) is 0 Å². The van der Waals surface area contributed by atoms with Gasteiger partial charge < -0.3 is 10.6 Å². The molecule has 1 aromatic heterocycles. The zero-order chi connectivity index (χ0) is 15.1. The minimum absolute atomic E-state index is 0.113. The van der Waals surface area contributed by atoms with Gasteiger partial charge in [0.2, 0.25) is 11.8 Å². The molecule has 4 rings (SSSR count). The zero-order valence-corrected chi connectivity index (χ0v) is 12.7. The lowest BCUT2D eigenvalue weighted by Gasteiger charge is -2.08. The van der Waals surface area contributed by atoms with Crippen molar-refractivity contribution in [3.05, 3.63) is 40.4 Å². The van der Waals surface area contributed by atoms with Crippen molar-refractivity contribution in [2.45, 2.75) is 31.6 Å². The first-order valence-electron chi connectivity index (χ1n) is 7.39. The summed E-state index contributed by atoms with van der Waals surface area (Å²) >= 11 is 1.55. The van der Waals surface area contributed by atoms with Crippen molar-refractivity contribution in [2.24, 2.45) is 0 Å². The molecule has 0 saturated heterocycles. The number of thiazole rings is 1. The third-order valence-electron chi connectivity index (χ3n) is 4.14. The van der Waals surface area contributed by atoms with Crippen molar-refractivity contribution >= 4 is 34.0 Å². The average Bonchev–Trinajstić information content (AvgIpc) is 3.13. The van der Waals surface area contributed by atoms with Gasteiger partial charge in [-0.1, -0.05) is 18.2 Å². The Morgan fingerprint density at radius 2 is 2.23 bits per heavy atom. The number of benzene rings is 1. The van der Waals surface area contributed by atoms with Gasteiger partial charge in [-0.2, -0.15) is 0 Å². The number of nitrogens with zero attached hydrogens (tertiary/aromatic N) is 1. The van der Waals surface area contributed by atoms with Gasteiger partial charge in [-0.15, -0.1) is 11.3 Å². The van der Waals surface area contributed by atoms with Crippen LogP contribution < -0.4 is 10.6 Å². The van der Waals surface area contributed by atoms with E-state index in [2.05, 4.69) is 15.6 Å². The minimum Gasteiger partial charge on any atom is -0.325 e. The summed E-state index contributed by atoms with van der Waals surface area (Å²) in [6.45, 7) is 0. The molecule has 0 fully saturated rings. The van der Waals surface area contributed by atoms with Crippen LogP contribution in [0, 0.1) is 0 Å². The number of amides is 2. The summed E-state index contributed by atoms with van der Waals surface area (Å²) in [5.41, 5.74) is 2.81. The highest BCUT2D eigenvalue weighted by atomic mass is 32.1. The highest BCUT2D eigenvalue weighted by Gasteiger charge is 2.32. The average molecular weight is 313 g/mol. The van der Waals surface area contributed by atoms with E-state index in [-0.39, 0.29) is 18.2 Å². The van der Waals surface area contributed by atoms with Crippen LogP contribution in [0.2, 0.25) is 0 Å². The topological polar surface area (TPSA) is 71.1 Å². The Kier molecular flexibility index (Phi) is 3.18. The Labute approximate surface area is 131 Å². The summed E-state index contributed by atoms with van der Waals surface area (Å²) in [5.74, 6) is -0.690. The number of rotatable bonds is 3. The maximum absolute atomic E-state index is 12.2. The second-order valence-electron chi connectivity index (χ2n) is 5.62. The van der Waals surface area contributed by atoms with E-state index in [0.717, 1.165) is 36.2 Å². The van der Waals surface area contributed by atoms with E-state index < -0.39 is 5.92 Å². The van der Waals surface area contributed by atoms with Gasteiger partial charge in [-0.25, -0.2) is 4.98 Å². The van der Waals surface area contributed by atoms with E-state index >= 15 is 0 Å². The molecule has 2 amide bonds. The molecular weight excluding hydrogens is 298 g/mol. The van der Waals surface area contributed by atoms with E-state index in [0.29, 0.717) is 5.13 Å². The Bertz CT molecular complexity index is 747. The molecule has 1 unspecified atom stereocenters. The largest absolute Gasteiger partial charge is 0.325 e. The number of hydrogen-bond acceptors (Lipinski definition) is 4. The fraction of sp³-hybridized carbons (Fsp3) is 0.312. The van der Waals surface area contributed by atoms with Gasteiger partial charge in [0, 0.05) is 17.0 Å². The standard InChI is InChI=1S/C16H15N3O2S/c20-14(19-16-18-12-6-3-7-13(12)22-16)8-10-9-4-1-2-5-11(9)17-15(10)21/h1-2,4-5,10H,3,6-8H2,(H,17,21)(H,18,19,20). The summed E-state index contributed by atoms with van der Waals surface area (Å²) in [4.78, 5) is 30.0. The molecule has 2 aromatic rings. The highest BCUT2D eigenvalue weighted by molar-refractivity contribution is 7.15. The van der Waals surface area contributed by atoms with Gasteiger partial charge in [0.25, 0.3) is 0 Å². The molecule has 1 atom stereocenters. The van der Waals surface area contributed by atoms with Crippen LogP contribution in [-0.2, 0) is 22.4 Å². The summed E-state index contributed by atoms with van der Waals surface area (Å²) in [5, 5.41) is 6.31. The number of carbonyl (C=O) groups excluding carboxylic acids is 2. The number of nitrogens with one attached hydrogen (secondary N) is 2. The molecule has 2 N–H and O–H groups in total. The van der Waals surface area contributed by atoms with Crippen molar-refractivity contribution in [2.75, 3.05) is 10.6 Å². The zero-order valence-electron chi connectivity index (χ0n) is 11.9. The highest BCUT2D eigenvalue weighted by Crippen LogP contribution is 2.35. The number of aromatic nitrogens is 1. The Balaban J connectivity index is 1.47. The number of aryl methyl sites for hydroxylation is 2. The van der Waals surface area contributed by atoms with Crippen molar-refractivity contribution in [1.82, 2.24) is 4.98 Å². The normalized spacial score (nSPS) is 18.7. The van der Waals surface area contributed by atoms with Crippen molar-refractivity contribution < 1.29 is 9.59 Å². The molecular formula is C16H15N3O2S. The van der Waals surface area contributed by atoms with Crippen LogP contribution in [0.4, 0.5) is 10.8 Å². The molecule has 1 aliphatic heterocycles. The fourth-order valence-electron chi connectivity index (χ4n) is 3.08. The second kappa shape index (κ2) is 5.21. The fourth-order valence-corrected chi connectivity index (χ4v) is 4.14. The molecule has 5 nitrogen and oxygen atoms in total. The lowest BCUT2D eigenvalue weighted by molar-refractivity contribution is -0.122. The molecule has 0 bridgehead atoms. The van der Waals surface area contributed by atoms with Crippen LogP contribution in [0.5, 0.6) is 0 Å². The van der Waals surface area contributed by atoms with Crippen LogP contribution in [0.25, 0.3) is 0 Å². The molecule has 0 spiro atoms. The monoisotopic (exact) mass is 313 g/mol. The van der Waals surface area contributed by atoms with Crippen molar-refractivity contribution in [1.29, 1.82) is 0 Å². The smallest absolute Gasteiger partial charge is 0.232 e. The van der Waals surface area contributed by atoms with Crippen molar-refractivity contribution in [3.8, 4) is 0 Å². The molecule has 0 saturated carbocycles. The van der Waals surface area contributed by atoms with Gasteiger partial charge in [-0.3, -0.25) is 9.59 Å². The molecule has 1 aromatic carbocycles. The Hall–Kier alpha value is -2.21. The summed E-state index contributed by atoms with van der Waals surface area (Å²) in [6, 6.07) is 7.51. The third-order valence-corrected chi connectivity index (χ3v) is 5.21. The van der Waals surface area contributed by atoms with Gasteiger partial charge in [0.05, 0.1) is 11.6 Å². The van der Waals surface area contributed by atoms with Gasteiger partial charge in [-0.05, 0) is 30.9 Å². The lowest BCUT2D eigenvalue weighted by Crippen LogP contribution is -2.20. The van der Waals surface area contributed by atoms with Crippen LogP contribution in [-0.4, -0.2) is 16.8 Å². The molecule has 6 heteroatoms. The first-order chi connectivity index (χ1) is 10.7. The lowest BCUT2D eigenvalue weighted by atomic mass is 9.97. The van der Waals surface area contributed by atoms with Crippen LogP contribution in [0.15, 0.2) is 24.3 Å². The van der Waals surface area contributed by atoms with E-state index in [1.807, 2.05) is 24.3 Å². The number of carbonyl (C=O) groups is 2. The van der Waals surface area contributed by atoms with Gasteiger partial charge in [0.15, 0.2) is 5.13 Å². The van der Waals surface area contributed by atoms with Gasteiger partial charge >= 0.3 is 0 Å². The summed E-state index contributed by atoms with van der Waals surface area (Å²) in [6.07, 6.45) is 3.36. The molecule has 22 heavy (non-hydrogen) atoms. The van der Waals surface area contributed by atoms with Crippen LogP contribution in [0.3, 0.4) is 0 Å². The summed E-state index contributed by atoms with van der Waals surface area (Å²) < 4.78 is 0. The van der Waals surface area contributed by atoms with E-state index in [4.69, 9.17) is 0 Å². The molecule has 112 valence electrons. The molecule has 2 heterocycles. The summed E-state index contributed by atoms with van der Waals surface area (Å²) in [7, 11) is 0. The number of hydrogen-bond donors (Lipinski definition) is 2. The second-order valence-corrected chi connectivity index (χ2v) is 6.71. The third kappa shape index (κ3) is 2.29. The maximum atomic E-state index is 12.2. The number of anilines is 2.